The van der Waals surface area contributed by atoms with E-state index >= 15 is 0 Å². The van der Waals surface area contributed by atoms with Crippen molar-refractivity contribution in [3.05, 3.63) is 62.7 Å². The largest absolute Gasteiger partial charge is 0.488 e. The first-order valence-corrected chi connectivity index (χ1v) is 6.73. The molecular formula is C15H15ClN2O3. The molecule has 0 saturated heterocycles. The van der Waals surface area contributed by atoms with E-state index in [-0.39, 0.29) is 12.3 Å². The Morgan fingerprint density at radius 3 is 2.71 bits per heavy atom. The molecule has 0 bridgehead atoms. The molecule has 0 aliphatic heterocycles. The lowest BCUT2D eigenvalue weighted by atomic mass is 10.1. The van der Waals surface area contributed by atoms with Crippen LogP contribution in [0.4, 0.5) is 11.4 Å². The second-order valence-electron chi connectivity index (χ2n) is 4.55. The Labute approximate surface area is 127 Å². The number of nitro groups is 1. The van der Waals surface area contributed by atoms with E-state index in [1.807, 2.05) is 13.0 Å². The van der Waals surface area contributed by atoms with Gasteiger partial charge in [-0.3, -0.25) is 10.1 Å². The summed E-state index contributed by atoms with van der Waals surface area (Å²) >= 11 is 5.94. The van der Waals surface area contributed by atoms with E-state index < -0.39 is 4.92 Å². The van der Waals surface area contributed by atoms with Crippen LogP contribution in [-0.4, -0.2) is 12.0 Å². The maximum Gasteiger partial charge on any atom is 0.269 e. The van der Waals surface area contributed by atoms with Crippen molar-refractivity contribution in [2.75, 3.05) is 12.4 Å². The minimum Gasteiger partial charge on any atom is -0.488 e. The maximum absolute atomic E-state index is 10.9. The first-order valence-electron chi connectivity index (χ1n) is 6.35. The number of nitro benzene ring substituents is 1. The van der Waals surface area contributed by atoms with E-state index in [4.69, 9.17) is 16.3 Å². The molecule has 0 aliphatic carbocycles. The summed E-state index contributed by atoms with van der Waals surface area (Å²) in [6.45, 7) is 2.14. The zero-order chi connectivity index (χ0) is 15.4. The molecule has 0 saturated carbocycles. The fourth-order valence-electron chi connectivity index (χ4n) is 1.94. The van der Waals surface area contributed by atoms with E-state index in [1.165, 1.54) is 12.1 Å². The quantitative estimate of drug-likeness (QED) is 0.665. The van der Waals surface area contributed by atoms with E-state index in [0.717, 1.165) is 11.3 Å². The van der Waals surface area contributed by atoms with Crippen molar-refractivity contribution >= 4 is 23.0 Å². The molecule has 0 fully saturated rings. The lowest BCUT2D eigenvalue weighted by Crippen LogP contribution is -2.02. The molecule has 0 unspecified atom stereocenters. The maximum atomic E-state index is 10.9. The van der Waals surface area contributed by atoms with Gasteiger partial charge in [0.1, 0.15) is 12.4 Å². The number of halogens is 1. The number of rotatable bonds is 5. The van der Waals surface area contributed by atoms with Crippen LogP contribution in [0.5, 0.6) is 5.75 Å². The van der Waals surface area contributed by atoms with Gasteiger partial charge in [0.2, 0.25) is 0 Å². The minimum atomic E-state index is -0.423. The molecule has 1 N–H and O–H groups in total. The van der Waals surface area contributed by atoms with Gasteiger partial charge in [0.05, 0.1) is 4.92 Å². The highest BCUT2D eigenvalue weighted by Crippen LogP contribution is 2.26. The van der Waals surface area contributed by atoms with Gasteiger partial charge in [-0.15, -0.1) is 0 Å². The molecule has 0 spiro atoms. The lowest BCUT2D eigenvalue weighted by molar-refractivity contribution is -0.384. The molecule has 2 rings (SSSR count). The first-order chi connectivity index (χ1) is 10.0. The second-order valence-corrected chi connectivity index (χ2v) is 4.98. The predicted octanol–water partition coefficient (Wildman–Crippen LogP) is 4.18. The highest BCUT2D eigenvalue weighted by Gasteiger charge is 2.11. The third-order valence-electron chi connectivity index (χ3n) is 3.10. The van der Waals surface area contributed by atoms with E-state index in [2.05, 4.69) is 5.32 Å². The van der Waals surface area contributed by atoms with Crippen molar-refractivity contribution in [1.82, 2.24) is 0 Å². The van der Waals surface area contributed by atoms with E-state index in [1.54, 1.807) is 25.2 Å². The van der Waals surface area contributed by atoms with Gasteiger partial charge >= 0.3 is 0 Å². The molecule has 0 heterocycles. The number of hydrogen-bond donors (Lipinski definition) is 1. The summed E-state index contributed by atoms with van der Waals surface area (Å²) in [5.41, 5.74) is 2.50. The number of anilines is 1. The summed E-state index contributed by atoms with van der Waals surface area (Å²) in [6, 6.07) is 10.0. The van der Waals surface area contributed by atoms with Gasteiger partial charge in [0, 0.05) is 35.5 Å². The lowest BCUT2D eigenvalue weighted by Gasteiger charge is -2.12. The first kappa shape index (κ1) is 15.1. The molecule has 110 valence electrons. The van der Waals surface area contributed by atoms with Crippen LogP contribution in [0.15, 0.2) is 36.4 Å². The van der Waals surface area contributed by atoms with Gasteiger partial charge in [-0.1, -0.05) is 17.7 Å². The Morgan fingerprint density at radius 2 is 2.05 bits per heavy atom. The van der Waals surface area contributed by atoms with Crippen LogP contribution in [0.2, 0.25) is 5.02 Å². The Morgan fingerprint density at radius 1 is 1.29 bits per heavy atom. The van der Waals surface area contributed by atoms with Crippen molar-refractivity contribution in [1.29, 1.82) is 0 Å². The summed E-state index contributed by atoms with van der Waals surface area (Å²) in [4.78, 5) is 10.4. The van der Waals surface area contributed by atoms with Gasteiger partial charge < -0.3 is 10.1 Å². The minimum absolute atomic E-state index is 0.0374. The zero-order valence-corrected chi connectivity index (χ0v) is 12.5. The van der Waals surface area contributed by atoms with Gasteiger partial charge in [0.25, 0.3) is 5.69 Å². The molecule has 2 aromatic carbocycles. The van der Waals surface area contributed by atoms with Crippen LogP contribution in [-0.2, 0) is 6.61 Å². The molecule has 0 atom stereocenters. The van der Waals surface area contributed by atoms with E-state index in [9.17, 15) is 10.1 Å². The number of ether oxygens (including phenoxy) is 1. The highest BCUT2D eigenvalue weighted by molar-refractivity contribution is 6.30. The predicted molar refractivity (Wildman–Crippen MR) is 83.2 cm³/mol. The topological polar surface area (TPSA) is 64.4 Å². The molecule has 2 aromatic rings. The Bertz CT molecular complexity index is 674. The molecule has 6 heteroatoms. The van der Waals surface area contributed by atoms with Crippen LogP contribution < -0.4 is 10.1 Å². The normalized spacial score (nSPS) is 10.2. The summed E-state index contributed by atoms with van der Waals surface area (Å²) in [6.07, 6.45) is 0. The summed E-state index contributed by atoms with van der Waals surface area (Å²) in [5, 5.41) is 14.4. The van der Waals surface area contributed by atoms with Crippen LogP contribution in [0.3, 0.4) is 0 Å². The third-order valence-corrected chi connectivity index (χ3v) is 3.34. The highest BCUT2D eigenvalue weighted by atomic mass is 35.5. The fourth-order valence-corrected chi connectivity index (χ4v) is 2.10. The Hall–Kier alpha value is -2.27. The van der Waals surface area contributed by atoms with Crippen LogP contribution in [0.1, 0.15) is 11.1 Å². The zero-order valence-electron chi connectivity index (χ0n) is 11.7. The molecule has 0 aliphatic rings. The van der Waals surface area contributed by atoms with Crippen molar-refractivity contribution in [3.8, 4) is 5.75 Å². The van der Waals surface area contributed by atoms with Crippen LogP contribution >= 0.6 is 11.6 Å². The number of non-ortho nitro benzene ring substituents is 1. The Kier molecular flexibility index (Phi) is 4.65. The monoisotopic (exact) mass is 306 g/mol. The average molecular weight is 307 g/mol. The number of benzene rings is 2. The van der Waals surface area contributed by atoms with Crippen LogP contribution in [0, 0.1) is 17.0 Å². The van der Waals surface area contributed by atoms with Gasteiger partial charge in [-0.25, -0.2) is 0 Å². The standard InChI is InChI=1S/C15H15ClN2O3/c1-10-3-4-12(16)8-15(10)21-9-11-7-13(18(19)20)5-6-14(11)17-2/h3-8,17H,9H2,1-2H3. The van der Waals surface area contributed by atoms with Crippen LogP contribution in [0.25, 0.3) is 0 Å². The van der Waals surface area contributed by atoms with Crippen molar-refractivity contribution in [2.45, 2.75) is 13.5 Å². The fraction of sp³-hybridized carbons (Fsp3) is 0.200. The summed E-state index contributed by atoms with van der Waals surface area (Å²) in [7, 11) is 1.76. The molecule has 0 radical (unpaired) electrons. The molecule has 0 amide bonds. The number of nitrogens with one attached hydrogen (secondary N) is 1. The average Bonchev–Trinajstić information content (AvgIpc) is 2.47. The number of nitrogens with zero attached hydrogens (tertiary/aromatic N) is 1. The SMILES string of the molecule is CNc1ccc([N+](=O)[O-])cc1COc1cc(Cl)ccc1C. The van der Waals surface area contributed by atoms with Crippen molar-refractivity contribution < 1.29 is 9.66 Å². The van der Waals surface area contributed by atoms with Gasteiger partial charge in [-0.2, -0.15) is 0 Å². The van der Waals surface area contributed by atoms with Gasteiger partial charge in [-0.05, 0) is 30.7 Å². The number of hydrogen-bond acceptors (Lipinski definition) is 4. The second kappa shape index (κ2) is 6.45. The van der Waals surface area contributed by atoms with Gasteiger partial charge in [0.15, 0.2) is 0 Å². The molecule has 21 heavy (non-hydrogen) atoms. The Balaban J connectivity index is 2.24. The third kappa shape index (κ3) is 3.64. The molecule has 5 nitrogen and oxygen atoms in total. The molecular weight excluding hydrogens is 292 g/mol. The van der Waals surface area contributed by atoms with Crippen molar-refractivity contribution in [3.63, 3.8) is 0 Å². The summed E-state index contributed by atoms with van der Waals surface area (Å²) < 4.78 is 5.73. The summed E-state index contributed by atoms with van der Waals surface area (Å²) in [5.74, 6) is 0.663. The van der Waals surface area contributed by atoms with E-state index in [0.29, 0.717) is 16.3 Å². The number of aryl methyl sites for hydroxylation is 1. The molecule has 0 aromatic heterocycles. The van der Waals surface area contributed by atoms with Crippen molar-refractivity contribution in [2.24, 2.45) is 0 Å². The smallest absolute Gasteiger partial charge is 0.269 e.